The van der Waals surface area contributed by atoms with E-state index in [1.54, 1.807) is 6.92 Å². The van der Waals surface area contributed by atoms with Crippen molar-refractivity contribution >= 4 is 5.97 Å². The van der Waals surface area contributed by atoms with E-state index in [1.807, 2.05) is 0 Å². The van der Waals surface area contributed by atoms with Crippen molar-refractivity contribution in [1.29, 1.82) is 0 Å². The Hall–Kier alpha value is -0.530. The molecule has 0 aliphatic heterocycles. The Balaban J connectivity index is 3.04. The smallest absolute Gasteiger partial charge is 0.308 e. The zero-order chi connectivity index (χ0) is 17.9. The van der Waals surface area contributed by atoms with Gasteiger partial charge in [0.1, 0.15) is 0 Å². The lowest BCUT2D eigenvalue weighted by Crippen LogP contribution is -2.12. The van der Waals surface area contributed by atoms with Gasteiger partial charge in [-0.25, -0.2) is 0 Å². The minimum atomic E-state index is -0.244. The van der Waals surface area contributed by atoms with Crippen LogP contribution in [0.15, 0.2) is 0 Å². The van der Waals surface area contributed by atoms with Crippen molar-refractivity contribution in [2.45, 2.75) is 117 Å². The standard InChI is InChI=1S/C22H43O2/c1-4-5-6-7-8-9-10-11-12-13-14-15-16-17-18-19-20-24-22(23)21(2)3/h21H,2,4-20H2,1,3H3. The summed E-state index contributed by atoms with van der Waals surface area (Å²) in [5, 5.41) is 0. The van der Waals surface area contributed by atoms with Crippen molar-refractivity contribution in [3.05, 3.63) is 6.92 Å². The van der Waals surface area contributed by atoms with E-state index >= 15 is 0 Å². The molecule has 1 unspecified atom stereocenters. The third-order valence-electron chi connectivity index (χ3n) is 4.64. The minimum Gasteiger partial charge on any atom is -0.465 e. The molecule has 0 fully saturated rings. The molecule has 0 aromatic heterocycles. The van der Waals surface area contributed by atoms with Crippen LogP contribution in [0.25, 0.3) is 0 Å². The summed E-state index contributed by atoms with van der Waals surface area (Å²) in [5.74, 6) is -0.415. The van der Waals surface area contributed by atoms with Crippen LogP contribution in [0.1, 0.15) is 117 Å². The number of rotatable bonds is 18. The molecule has 0 aromatic carbocycles. The van der Waals surface area contributed by atoms with Crippen LogP contribution in [0.2, 0.25) is 0 Å². The number of esters is 1. The van der Waals surface area contributed by atoms with Gasteiger partial charge in [0, 0.05) is 0 Å². The average molecular weight is 340 g/mol. The molecule has 1 atom stereocenters. The van der Waals surface area contributed by atoms with Gasteiger partial charge in [0.05, 0.1) is 12.5 Å². The first-order valence-electron chi connectivity index (χ1n) is 10.7. The van der Waals surface area contributed by atoms with E-state index in [4.69, 9.17) is 4.74 Å². The summed E-state index contributed by atoms with van der Waals surface area (Å²) in [7, 11) is 0. The summed E-state index contributed by atoms with van der Waals surface area (Å²) in [6.45, 7) is 8.28. The van der Waals surface area contributed by atoms with Gasteiger partial charge in [-0.1, -0.05) is 110 Å². The normalized spacial score (nSPS) is 11.2. The maximum Gasteiger partial charge on any atom is 0.308 e. The highest BCUT2D eigenvalue weighted by Crippen LogP contribution is 2.13. The van der Waals surface area contributed by atoms with Gasteiger partial charge in [0.15, 0.2) is 0 Å². The molecule has 0 saturated heterocycles. The van der Waals surface area contributed by atoms with Gasteiger partial charge in [0.25, 0.3) is 0 Å². The van der Waals surface area contributed by atoms with Gasteiger partial charge in [-0.3, -0.25) is 4.79 Å². The Bertz CT molecular complexity index is 261. The van der Waals surface area contributed by atoms with Crippen molar-refractivity contribution in [1.82, 2.24) is 0 Å². The molecule has 2 nitrogen and oxygen atoms in total. The minimum absolute atomic E-state index is 0.170. The van der Waals surface area contributed by atoms with Crippen molar-refractivity contribution in [3.8, 4) is 0 Å². The van der Waals surface area contributed by atoms with Gasteiger partial charge in [-0.2, -0.15) is 0 Å². The summed E-state index contributed by atoms with van der Waals surface area (Å²) in [4.78, 5) is 11.2. The van der Waals surface area contributed by atoms with E-state index in [9.17, 15) is 4.79 Å². The van der Waals surface area contributed by atoms with Crippen LogP contribution in [-0.4, -0.2) is 12.6 Å². The number of hydrogen-bond acceptors (Lipinski definition) is 2. The van der Waals surface area contributed by atoms with Gasteiger partial charge in [-0.05, 0) is 13.3 Å². The molecule has 0 aliphatic carbocycles. The first-order chi connectivity index (χ1) is 11.7. The molecule has 0 aromatic rings. The number of hydrogen-bond donors (Lipinski definition) is 0. The first kappa shape index (κ1) is 23.5. The predicted octanol–water partition coefficient (Wildman–Crippen LogP) is 7.26. The highest BCUT2D eigenvalue weighted by atomic mass is 16.5. The second-order valence-corrected chi connectivity index (χ2v) is 7.37. The first-order valence-corrected chi connectivity index (χ1v) is 10.7. The van der Waals surface area contributed by atoms with Crippen LogP contribution < -0.4 is 0 Å². The zero-order valence-electron chi connectivity index (χ0n) is 16.6. The average Bonchev–Trinajstić information content (AvgIpc) is 2.57. The second-order valence-electron chi connectivity index (χ2n) is 7.37. The topological polar surface area (TPSA) is 26.3 Å². The molecule has 143 valence electrons. The zero-order valence-corrected chi connectivity index (χ0v) is 16.6. The highest BCUT2D eigenvalue weighted by Gasteiger charge is 2.07. The summed E-state index contributed by atoms with van der Waals surface area (Å²) < 4.78 is 5.12. The van der Waals surface area contributed by atoms with Gasteiger partial charge >= 0.3 is 5.97 Å². The summed E-state index contributed by atoms with van der Waals surface area (Å²) in [6.07, 6.45) is 21.8. The molecule has 0 N–H and O–H groups in total. The Morgan fingerprint density at radius 1 is 0.708 bits per heavy atom. The second kappa shape index (κ2) is 18.8. The molecule has 0 saturated carbocycles. The van der Waals surface area contributed by atoms with Crippen LogP contribution in [-0.2, 0) is 9.53 Å². The maximum atomic E-state index is 11.2. The molecule has 0 spiro atoms. The molecule has 2 heteroatoms. The number of ether oxygens (including phenoxy) is 1. The van der Waals surface area contributed by atoms with Crippen molar-refractivity contribution in [2.75, 3.05) is 6.61 Å². The van der Waals surface area contributed by atoms with E-state index < -0.39 is 0 Å². The lowest BCUT2D eigenvalue weighted by Gasteiger charge is -2.06. The Labute approximate surface area is 152 Å². The summed E-state index contributed by atoms with van der Waals surface area (Å²) in [5.41, 5.74) is 0. The Morgan fingerprint density at radius 2 is 1.04 bits per heavy atom. The Kier molecular flexibility index (Phi) is 18.4. The third-order valence-corrected chi connectivity index (χ3v) is 4.64. The van der Waals surface area contributed by atoms with E-state index in [0.29, 0.717) is 6.61 Å². The third kappa shape index (κ3) is 17.8. The van der Waals surface area contributed by atoms with Crippen LogP contribution in [0.5, 0.6) is 0 Å². The van der Waals surface area contributed by atoms with Crippen LogP contribution in [0.4, 0.5) is 0 Å². The molecule has 0 amide bonds. The summed E-state index contributed by atoms with van der Waals surface area (Å²) in [6, 6.07) is 0. The van der Waals surface area contributed by atoms with Crippen LogP contribution in [0.3, 0.4) is 0 Å². The fourth-order valence-electron chi connectivity index (χ4n) is 2.97. The number of unbranched alkanes of at least 4 members (excludes halogenated alkanes) is 15. The molecule has 0 bridgehead atoms. The van der Waals surface area contributed by atoms with Crippen molar-refractivity contribution in [3.63, 3.8) is 0 Å². The van der Waals surface area contributed by atoms with Gasteiger partial charge in [0.2, 0.25) is 0 Å². The highest BCUT2D eigenvalue weighted by molar-refractivity contribution is 5.72. The maximum absolute atomic E-state index is 11.2. The lowest BCUT2D eigenvalue weighted by atomic mass is 10.0. The molecule has 24 heavy (non-hydrogen) atoms. The number of carbonyl (C=O) groups is 1. The fourth-order valence-corrected chi connectivity index (χ4v) is 2.97. The quantitative estimate of drug-likeness (QED) is 0.194. The van der Waals surface area contributed by atoms with Crippen molar-refractivity contribution in [2.24, 2.45) is 5.92 Å². The molecular weight excluding hydrogens is 296 g/mol. The lowest BCUT2D eigenvalue weighted by molar-refractivity contribution is -0.146. The van der Waals surface area contributed by atoms with E-state index in [1.165, 1.54) is 96.3 Å². The monoisotopic (exact) mass is 339 g/mol. The molecule has 0 heterocycles. The Morgan fingerprint density at radius 3 is 1.38 bits per heavy atom. The van der Waals surface area contributed by atoms with E-state index in [-0.39, 0.29) is 11.9 Å². The van der Waals surface area contributed by atoms with Crippen LogP contribution >= 0.6 is 0 Å². The van der Waals surface area contributed by atoms with Gasteiger partial charge in [-0.15, -0.1) is 0 Å². The predicted molar refractivity (Wildman–Crippen MR) is 105 cm³/mol. The molecular formula is C22H43O2. The van der Waals surface area contributed by atoms with Crippen molar-refractivity contribution < 1.29 is 9.53 Å². The molecule has 0 rings (SSSR count). The number of carbonyl (C=O) groups excluding carboxylic acids is 1. The van der Waals surface area contributed by atoms with Gasteiger partial charge < -0.3 is 4.74 Å². The molecule has 0 aliphatic rings. The van der Waals surface area contributed by atoms with E-state index in [0.717, 1.165) is 6.42 Å². The fraction of sp³-hybridized carbons (Fsp3) is 0.909. The van der Waals surface area contributed by atoms with E-state index in [2.05, 4.69) is 13.8 Å². The summed E-state index contributed by atoms with van der Waals surface area (Å²) >= 11 is 0. The largest absolute Gasteiger partial charge is 0.465 e. The molecule has 1 radical (unpaired) electrons. The van der Waals surface area contributed by atoms with Crippen LogP contribution in [0, 0.1) is 12.8 Å². The SMILES string of the molecule is [CH2]C(C)C(=O)OCCCCCCCCCCCCCCCCCC.